The largest absolute Gasteiger partial charge is 0.478 e. The van der Waals surface area contributed by atoms with Gasteiger partial charge in [-0.15, -0.1) is 0 Å². The molecule has 1 aromatic rings. The molecule has 0 radical (unpaired) electrons. The average molecular weight is 276 g/mol. The van der Waals surface area contributed by atoms with Crippen LogP contribution in [-0.2, 0) is 9.59 Å². The molecule has 0 bridgehead atoms. The number of anilines is 1. The van der Waals surface area contributed by atoms with Crippen molar-refractivity contribution in [1.29, 1.82) is 0 Å². The molecule has 4 N–H and O–H groups in total. The Bertz CT molecular complexity index is 510. The minimum atomic E-state index is -1.02. The summed E-state index contributed by atoms with van der Waals surface area (Å²) in [5, 5.41) is 11.3. The first-order chi connectivity index (χ1) is 9.38. The molecule has 1 amide bonds. The van der Waals surface area contributed by atoms with Crippen molar-refractivity contribution >= 4 is 23.6 Å². The number of benzene rings is 1. The number of rotatable bonds is 6. The molecule has 0 spiro atoms. The van der Waals surface area contributed by atoms with E-state index in [1.165, 1.54) is 6.08 Å². The number of carbonyl (C=O) groups excluding carboxylic acids is 1. The second kappa shape index (κ2) is 7.45. The molecule has 20 heavy (non-hydrogen) atoms. The molecule has 0 aromatic heterocycles. The number of carboxylic acids is 1. The molecule has 5 nitrogen and oxygen atoms in total. The lowest BCUT2D eigenvalue weighted by molar-refractivity contribution is -0.131. The predicted octanol–water partition coefficient (Wildman–Crippen LogP) is 2.10. The van der Waals surface area contributed by atoms with E-state index >= 15 is 0 Å². The Kier molecular flexibility index (Phi) is 5.93. The lowest BCUT2D eigenvalue weighted by Gasteiger charge is -2.14. The third-order valence-corrected chi connectivity index (χ3v) is 2.63. The van der Waals surface area contributed by atoms with Crippen molar-refractivity contribution in [2.45, 2.75) is 26.3 Å². The number of amides is 1. The highest BCUT2D eigenvalue weighted by Crippen LogP contribution is 2.13. The second-order valence-electron chi connectivity index (χ2n) is 5.02. The highest BCUT2D eigenvalue weighted by molar-refractivity contribution is 5.95. The average Bonchev–Trinajstić information content (AvgIpc) is 2.36. The first kappa shape index (κ1) is 15.9. The van der Waals surface area contributed by atoms with Crippen LogP contribution >= 0.6 is 0 Å². The van der Waals surface area contributed by atoms with Gasteiger partial charge in [0.25, 0.3) is 0 Å². The van der Waals surface area contributed by atoms with Crippen molar-refractivity contribution in [3.8, 4) is 0 Å². The normalized spacial score (nSPS) is 12.6. The van der Waals surface area contributed by atoms with Crippen molar-refractivity contribution in [3.05, 3.63) is 35.9 Å². The van der Waals surface area contributed by atoms with E-state index in [1.807, 2.05) is 13.8 Å². The van der Waals surface area contributed by atoms with Gasteiger partial charge in [0.15, 0.2) is 0 Å². The van der Waals surface area contributed by atoms with E-state index in [4.69, 9.17) is 10.8 Å². The monoisotopic (exact) mass is 276 g/mol. The molecule has 108 valence electrons. The van der Waals surface area contributed by atoms with Gasteiger partial charge >= 0.3 is 5.97 Å². The highest BCUT2D eigenvalue weighted by Gasteiger charge is 2.14. The van der Waals surface area contributed by atoms with E-state index in [0.717, 1.165) is 6.08 Å². The zero-order chi connectivity index (χ0) is 15.1. The van der Waals surface area contributed by atoms with Crippen LogP contribution in [0.4, 0.5) is 5.69 Å². The molecule has 1 aromatic carbocycles. The number of nitrogens with two attached hydrogens (primary N) is 1. The molecule has 0 aliphatic rings. The third kappa shape index (κ3) is 5.67. The van der Waals surface area contributed by atoms with Gasteiger partial charge in [-0.1, -0.05) is 26.0 Å². The Morgan fingerprint density at radius 1 is 1.40 bits per heavy atom. The van der Waals surface area contributed by atoms with Gasteiger partial charge in [0, 0.05) is 11.8 Å². The van der Waals surface area contributed by atoms with Crippen molar-refractivity contribution in [2.75, 3.05) is 5.32 Å². The summed E-state index contributed by atoms with van der Waals surface area (Å²) in [6, 6.07) is 6.37. The Hall–Kier alpha value is -2.14. The second-order valence-corrected chi connectivity index (χ2v) is 5.02. The number of hydrogen-bond donors (Lipinski definition) is 3. The Morgan fingerprint density at radius 2 is 2.10 bits per heavy atom. The van der Waals surface area contributed by atoms with E-state index < -0.39 is 12.0 Å². The maximum atomic E-state index is 11.9. The number of nitrogens with one attached hydrogen (secondary N) is 1. The van der Waals surface area contributed by atoms with Gasteiger partial charge in [-0.2, -0.15) is 0 Å². The molecule has 0 fully saturated rings. The smallest absolute Gasteiger partial charge is 0.328 e. The molecule has 0 heterocycles. The van der Waals surface area contributed by atoms with E-state index in [2.05, 4.69) is 5.32 Å². The van der Waals surface area contributed by atoms with E-state index in [1.54, 1.807) is 24.3 Å². The number of hydrogen-bond acceptors (Lipinski definition) is 3. The molecule has 1 rings (SSSR count). The van der Waals surface area contributed by atoms with Gasteiger partial charge in [-0.05, 0) is 36.1 Å². The van der Waals surface area contributed by atoms with Gasteiger partial charge in [-0.3, -0.25) is 4.79 Å². The van der Waals surface area contributed by atoms with Crippen LogP contribution in [0.25, 0.3) is 6.08 Å². The van der Waals surface area contributed by atoms with Gasteiger partial charge < -0.3 is 16.2 Å². The molecular weight excluding hydrogens is 256 g/mol. The van der Waals surface area contributed by atoms with Crippen LogP contribution in [0.5, 0.6) is 0 Å². The molecule has 1 unspecified atom stereocenters. The Morgan fingerprint density at radius 3 is 2.70 bits per heavy atom. The lowest BCUT2D eigenvalue weighted by atomic mass is 10.0. The molecule has 0 aliphatic carbocycles. The minimum absolute atomic E-state index is 0.238. The van der Waals surface area contributed by atoms with Gasteiger partial charge in [0.05, 0.1) is 6.04 Å². The summed E-state index contributed by atoms with van der Waals surface area (Å²) in [6.07, 6.45) is 3.13. The van der Waals surface area contributed by atoms with Crippen molar-refractivity contribution in [1.82, 2.24) is 0 Å². The summed E-state index contributed by atoms with van der Waals surface area (Å²) in [5.74, 6) is -0.906. The molecular formula is C15H20N2O3. The summed E-state index contributed by atoms with van der Waals surface area (Å²) in [4.78, 5) is 22.3. The Balaban J connectivity index is 2.71. The standard InChI is InChI=1S/C15H20N2O3/c1-10(2)8-13(16)15(20)17-12-5-3-4-11(9-12)6-7-14(18)19/h3-7,9-10,13H,8,16H2,1-2H3,(H,17,20)(H,18,19)/b7-6+. The predicted molar refractivity (Wildman–Crippen MR) is 79.2 cm³/mol. The van der Waals surface area contributed by atoms with Crippen molar-refractivity contribution < 1.29 is 14.7 Å². The maximum absolute atomic E-state index is 11.9. The molecule has 0 aliphatic heterocycles. The number of carboxylic acid groups (broad SMARTS) is 1. The third-order valence-electron chi connectivity index (χ3n) is 2.63. The van der Waals surface area contributed by atoms with E-state index in [0.29, 0.717) is 23.6 Å². The van der Waals surface area contributed by atoms with Crippen LogP contribution in [0.15, 0.2) is 30.3 Å². The SMILES string of the molecule is CC(C)CC(N)C(=O)Nc1cccc(/C=C/C(=O)O)c1. The van der Waals surface area contributed by atoms with E-state index in [-0.39, 0.29) is 5.91 Å². The minimum Gasteiger partial charge on any atom is -0.478 e. The highest BCUT2D eigenvalue weighted by atomic mass is 16.4. The first-order valence-electron chi connectivity index (χ1n) is 6.46. The molecule has 1 atom stereocenters. The maximum Gasteiger partial charge on any atom is 0.328 e. The summed E-state index contributed by atoms with van der Waals surface area (Å²) in [6.45, 7) is 4.01. The zero-order valence-electron chi connectivity index (χ0n) is 11.7. The summed E-state index contributed by atoms with van der Waals surface area (Å²) < 4.78 is 0. The summed E-state index contributed by atoms with van der Waals surface area (Å²) in [5.41, 5.74) is 7.09. The van der Waals surface area contributed by atoms with Crippen LogP contribution in [0, 0.1) is 5.92 Å². The molecule has 0 saturated heterocycles. The fraction of sp³-hybridized carbons (Fsp3) is 0.333. The van der Waals surface area contributed by atoms with Crippen LogP contribution in [0.1, 0.15) is 25.8 Å². The fourth-order valence-electron chi connectivity index (χ4n) is 1.74. The molecule has 5 heteroatoms. The lowest BCUT2D eigenvalue weighted by Crippen LogP contribution is -2.36. The first-order valence-corrected chi connectivity index (χ1v) is 6.46. The van der Waals surface area contributed by atoms with Gasteiger partial charge in [0.2, 0.25) is 5.91 Å². The summed E-state index contributed by atoms with van der Waals surface area (Å²) >= 11 is 0. The van der Waals surface area contributed by atoms with Crippen LogP contribution in [-0.4, -0.2) is 23.0 Å². The van der Waals surface area contributed by atoms with Crippen LogP contribution < -0.4 is 11.1 Å². The van der Waals surface area contributed by atoms with Crippen molar-refractivity contribution in [3.63, 3.8) is 0 Å². The van der Waals surface area contributed by atoms with E-state index in [9.17, 15) is 9.59 Å². The molecule has 0 saturated carbocycles. The van der Waals surface area contributed by atoms with Gasteiger partial charge in [-0.25, -0.2) is 4.79 Å². The number of aliphatic carboxylic acids is 1. The quantitative estimate of drug-likeness (QED) is 0.694. The Labute approximate surface area is 118 Å². The van der Waals surface area contributed by atoms with Crippen LogP contribution in [0.3, 0.4) is 0 Å². The summed E-state index contributed by atoms with van der Waals surface area (Å²) in [7, 11) is 0. The zero-order valence-corrected chi connectivity index (χ0v) is 11.7. The topological polar surface area (TPSA) is 92.4 Å². The number of carbonyl (C=O) groups is 2. The van der Waals surface area contributed by atoms with Gasteiger partial charge in [0.1, 0.15) is 0 Å². The van der Waals surface area contributed by atoms with Crippen LogP contribution in [0.2, 0.25) is 0 Å². The van der Waals surface area contributed by atoms with Crippen molar-refractivity contribution in [2.24, 2.45) is 11.7 Å². The fourth-order valence-corrected chi connectivity index (χ4v) is 1.74.